The maximum absolute atomic E-state index is 10.5. The van der Waals surface area contributed by atoms with Gasteiger partial charge in [-0.05, 0) is 52.1 Å². The van der Waals surface area contributed by atoms with Gasteiger partial charge in [-0.2, -0.15) is 10.3 Å². The lowest BCUT2D eigenvalue weighted by molar-refractivity contribution is 0.0102. The number of nitriles is 1. The quantitative estimate of drug-likeness (QED) is 0.323. The molecular weight excluding hydrogens is 442 g/mol. The molecule has 5 heteroatoms. The summed E-state index contributed by atoms with van der Waals surface area (Å²) in [5.41, 5.74) is 5.94. The molecule has 0 unspecified atom stereocenters. The van der Waals surface area contributed by atoms with Crippen LogP contribution in [0.5, 0.6) is 0 Å². The van der Waals surface area contributed by atoms with Crippen molar-refractivity contribution in [3.8, 4) is 17.3 Å². The molecule has 34 heavy (non-hydrogen) atoms. The number of anilines is 1. The van der Waals surface area contributed by atoms with Gasteiger partial charge in [0.25, 0.3) is 0 Å². The van der Waals surface area contributed by atoms with Crippen molar-refractivity contribution in [1.82, 2.24) is 5.01 Å². The first-order valence-corrected chi connectivity index (χ1v) is 11.6. The summed E-state index contributed by atoms with van der Waals surface area (Å²) in [6, 6.07) is 35.0. The molecule has 1 heterocycles. The summed E-state index contributed by atoms with van der Waals surface area (Å²) in [7, 11) is 1.68. The third kappa shape index (κ3) is 2.69. The Hall–Kier alpha value is -3.78. The van der Waals surface area contributed by atoms with Gasteiger partial charge in [0, 0.05) is 12.1 Å². The molecule has 2 atom stereocenters. The van der Waals surface area contributed by atoms with Gasteiger partial charge in [0.1, 0.15) is 5.54 Å². The number of hydrogen-bond donors (Lipinski definition) is 0. The average molecular weight is 464 g/mol. The normalized spacial score (nSPS) is 19.7. The minimum atomic E-state index is -0.696. The van der Waals surface area contributed by atoms with Gasteiger partial charge in [-0.15, -0.1) is 0 Å². The Morgan fingerprint density at radius 2 is 1.35 bits per heavy atom. The van der Waals surface area contributed by atoms with Gasteiger partial charge < -0.3 is 4.74 Å². The van der Waals surface area contributed by atoms with Crippen LogP contribution < -0.4 is 5.01 Å². The molecular formula is C29H22ClN3O. The molecule has 4 aromatic rings. The SMILES string of the molecule is CO[C@@H]1[C@@H](c2ccccc2)C2(c3ccccc3-c3ccccc32)N(c2ccc(Cl)cc2)N1C#N. The van der Waals surface area contributed by atoms with E-state index in [0.717, 1.165) is 22.4 Å². The maximum atomic E-state index is 10.5. The largest absolute Gasteiger partial charge is 0.358 e. The van der Waals surface area contributed by atoms with Crippen molar-refractivity contribution in [3.63, 3.8) is 0 Å². The number of benzene rings is 4. The molecule has 1 fully saturated rings. The van der Waals surface area contributed by atoms with Crippen LogP contribution in [-0.2, 0) is 10.3 Å². The number of halogens is 1. The number of rotatable bonds is 3. The van der Waals surface area contributed by atoms with Crippen LogP contribution in [0.1, 0.15) is 22.6 Å². The third-order valence-electron chi connectivity index (χ3n) is 7.07. The van der Waals surface area contributed by atoms with Gasteiger partial charge in [-0.25, -0.2) is 0 Å². The highest BCUT2D eigenvalue weighted by Crippen LogP contribution is 2.63. The summed E-state index contributed by atoms with van der Waals surface area (Å²) in [6.07, 6.45) is 1.93. The molecule has 0 saturated carbocycles. The zero-order valence-corrected chi connectivity index (χ0v) is 19.4. The number of hydrogen-bond acceptors (Lipinski definition) is 4. The van der Waals surface area contributed by atoms with E-state index >= 15 is 0 Å². The van der Waals surface area contributed by atoms with Crippen LogP contribution >= 0.6 is 11.6 Å². The fourth-order valence-electron chi connectivity index (χ4n) is 5.89. The van der Waals surface area contributed by atoms with Crippen LogP contribution in [0.15, 0.2) is 103 Å². The smallest absolute Gasteiger partial charge is 0.202 e. The van der Waals surface area contributed by atoms with Gasteiger partial charge in [0.05, 0.1) is 11.6 Å². The molecule has 4 aromatic carbocycles. The van der Waals surface area contributed by atoms with Crippen molar-refractivity contribution in [2.75, 3.05) is 12.1 Å². The van der Waals surface area contributed by atoms with Crippen LogP contribution in [0.4, 0.5) is 5.69 Å². The van der Waals surface area contributed by atoms with Crippen LogP contribution in [0.2, 0.25) is 5.02 Å². The summed E-state index contributed by atoms with van der Waals surface area (Å²) < 4.78 is 6.11. The molecule has 6 rings (SSSR count). The van der Waals surface area contributed by atoms with E-state index < -0.39 is 11.8 Å². The number of nitrogens with zero attached hydrogens (tertiary/aromatic N) is 3. The molecule has 1 aliphatic heterocycles. The first kappa shape index (κ1) is 20.8. The van der Waals surface area contributed by atoms with Crippen LogP contribution in [0.3, 0.4) is 0 Å². The number of ether oxygens (including phenoxy) is 1. The maximum Gasteiger partial charge on any atom is 0.202 e. The van der Waals surface area contributed by atoms with Crippen molar-refractivity contribution >= 4 is 17.3 Å². The fraction of sp³-hybridized carbons (Fsp3) is 0.138. The molecule has 1 aliphatic carbocycles. The molecule has 0 bridgehead atoms. The Bertz CT molecular complexity index is 1350. The highest BCUT2D eigenvalue weighted by molar-refractivity contribution is 6.30. The topological polar surface area (TPSA) is 39.5 Å². The molecule has 0 N–H and O–H groups in total. The first-order valence-electron chi connectivity index (χ1n) is 11.2. The number of hydrazine groups is 1. The molecule has 0 radical (unpaired) electrons. The van der Waals surface area contributed by atoms with Crippen molar-refractivity contribution in [2.24, 2.45) is 0 Å². The molecule has 1 spiro atoms. The molecule has 2 aliphatic rings. The lowest BCUT2D eigenvalue weighted by Crippen LogP contribution is -2.48. The predicted molar refractivity (Wildman–Crippen MR) is 134 cm³/mol. The Labute approximate surface area is 204 Å². The molecule has 0 aromatic heterocycles. The summed E-state index contributed by atoms with van der Waals surface area (Å²) >= 11 is 6.26. The van der Waals surface area contributed by atoms with E-state index in [0.29, 0.717) is 5.02 Å². The molecule has 0 amide bonds. The van der Waals surface area contributed by atoms with E-state index in [1.165, 1.54) is 11.1 Å². The standard InChI is InChI=1S/C29H22ClN3O/c1-34-28-27(20-9-3-2-4-10-20)29(33(32(28)19-31)22-17-15-21(30)16-18-22)25-13-7-5-11-23(25)24-12-6-8-14-26(24)29/h2-18,27-28H,1H3/t27-,28-/m1/s1. The molecule has 4 nitrogen and oxygen atoms in total. The van der Waals surface area contributed by atoms with Gasteiger partial charge in [-0.3, -0.25) is 5.01 Å². The van der Waals surface area contributed by atoms with Crippen molar-refractivity contribution < 1.29 is 4.74 Å². The zero-order valence-electron chi connectivity index (χ0n) is 18.6. The fourth-order valence-corrected chi connectivity index (χ4v) is 6.01. The summed E-state index contributed by atoms with van der Waals surface area (Å²) in [6.45, 7) is 0. The van der Waals surface area contributed by atoms with Crippen LogP contribution in [-0.4, -0.2) is 18.3 Å². The summed E-state index contributed by atoms with van der Waals surface area (Å²) in [4.78, 5) is 0. The van der Waals surface area contributed by atoms with E-state index in [1.807, 2.05) is 42.5 Å². The highest BCUT2D eigenvalue weighted by Gasteiger charge is 2.64. The Balaban J connectivity index is 1.76. The second-order valence-electron chi connectivity index (χ2n) is 8.60. The van der Waals surface area contributed by atoms with Gasteiger partial charge >= 0.3 is 0 Å². The van der Waals surface area contributed by atoms with Gasteiger partial charge in [-0.1, -0.05) is 90.5 Å². The Kier molecular flexibility index (Phi) is 4.84. The second-order valence-corrected chi connectivity index (χ2v) is 9.04. The van der Waals surface area contributed by atoms with E-state index in [2.05, 4.69) is 71.9 Å². The van der Waals surface area contributed by atoms with Gasteiger partial charge in [0.2, 0.25) is 6.19 Å². The van der Waals surface area contributed by atoms with Gasteiger partial charge in [0.15, 0.2) is 6.23 Å². The van der Waals surface area contributed by atoms with E-state index in [-0.39, 0.29) is 5.92 Å². The Morgan fingerprint density at radius 1 is 0.794 bits per heavy atom. The Morgan fingerprint density at radius 3 is 1.91 bits per heavy atom. The minimum Gasteiger partial charge on any atom is -0.358 e. The van der Waals surface area contributed by atoms with Crippen molar-refractivity contribution in [3.05, 3.63) is 125 Å². The first-order chi connectivity index (χ1) is 16.7. The van der Waals surface area contributed by atoms with E-state index in [1.54, 1.807) is 12.1 Å². The predicted octanol–water partition coefficient (Wildman–Crippen LogP) is 6.54. The zero-order chi connectivity index (χ0) is 23.3. The van der Waals surface area contributed by atoms with Crippen molar-refractivity contribution in [2.45, 2.75) is 17.7 Å². The van der Waals surface area contributed by atoms with Crippen molar-refractivity contribution in [1.29, 1.82) is 5.26 Å². The number of fused-ring (bicyclic) bond motifs is 5. The summed E-state index contributed by atoms with van der Waals surface area (Å²) in [5.74, 6) is -0.182. The lowest BCUT2D eigenvalue weighted by atomic mass is 9.72. The second kappa shape index (κ2) is 7.92. The summed E-state index contributed by atoms with van der Waals surface area (Å²) in [5, 5.41) is 14.9. The highest BCUT2D eigenvalue weighted by atomic mass is 35.5. The third-order valence-corrected chi connectivity index (χ3v) is 7.32. The molecule has 1 saturated heterocycles. The van der Waals surface area contributed by atoms with E-state index in [9.17, 15) is 5.26 Å². The number of methoxy groups -OCH3 is 1. The average Bonchev–Trinajstić information content (AvgIpc) is 3.36. The molecule has 166 valence electrons. The minimum absolute atomic E-state index is 0.182. The van der Waals surface area contributed by atoms with Crippen LogP contribution in [0, 0.1) is 11.5 Å². The van der Waals surface area contributed by atoms with Crippen LogP contribution in [0.25, 0.3) is 11.1 Å². The lowest BCUT2D eigenvalue weighted by Gasteiger charge is -2.42. The van der Waals surface area contributed by atoms with E-state index in [4.69, 9.17) is 16.3 Å². The monoisotopic (exact) mass is 463 g/mol.